The second-order valence-corrected chi connectivity index (χ2v) is 6.34. The van der Waals surface area contributed by atoms with Crippen molar-refractivity contribution in [2.24, 2.45) is 0 Å². The highest BCUT2D eigenvalue weighted by atomic mass is 19.1. The predicted molar refractivity (Wildman–Crippen MR) is 101 cm³/mol. The van der Waals surface area contributed by atoms with Gasteiger partial charge in [-0.3, -0.25) is 9.59 Å². The van der Waals surface area contributed by atoms with E-state index >= 15 is 0 Å². The molecule has 3 aromatic rings. The summed E-state index contributed by atoms with van der Waals surface area (Å²) >= 11 is 0. The number of carbonyl (C=O) groups is 2. The Hall–Kier alpha value is -3.62. The predicted octanol–water partition coefficient (Wildman–Crippen LogP) is 4.26. The lowest BCUT2D eigenvalue weighted by Crippen LogP contribution is -2.30. The zero-order valence-electron chi connectivity index (χ0n) is 15.8. The molecule has 1 unspecified atom stereocenters. The number of aromatic nitrogens is 1. The molecule has 1 amide bonds. The largest absolute Gasteiger partial charge is 0.453 e. The number of nitrogens with one attached hydrogen (secondary N) is 1. The van der Waals surface area contributed by atoms with Crippen LogP contribution < -0.4 is 5.32 Å². The number of benzene rings is 2. The third-order valence-corrected chi connectivity index (χ3v) is 4.10. The Morgan fingerprint density at radius 3 is 2.63 bits per heavy atom. The van der Waals surface area contributed by atoms with Crippen molar-refractivity contribution in [1.82, 2.24) is 4.98 Å². The molecule has 0 saturated heterocycles. The molecule has 1 aromatic heterocycles. The van der Waals surface area contributed by atoms with Crippen molar-refractivity contribution in [2.45, 2.75) is 25.9 Å². The zero-order valence-corrected chi connectivity index (χ0v) is 15.8. The Morgan fingerprint density at radius 1 is 1.13 bits per heavy atom. The summed E-state index contributed by atoms with van der Waals surface area (Å²) < 4.78 is 50.8. The molecular formula is C21H17F3N2O4. The molecule has 0 aliphatic heterocycles. The molecule has 0 fully saturated rings. The first-order valence-corrected chi connectivity index (χ1v) is 8.98. The van der Waals surface area contributed by atoms with Crippen LogP contribution in [-0.2, 0) is 20.7 Å². The summed E-state index contributed by atoms with van der Waals surface area (Å²) in [5, 5.41) is 2.34. The number of nitrogens with zero attached hydrogens (tertiary/aromatic N) is 1. The van der Waals surface area contributed by atoms with Crippen LogP contribution in [-0.4, -0.2) is 23.0 Å². The summed E-state index contributed by atoms with van der Waals surface area (Å²) in [5.41, 5.74) is 0.0157. The highest BCUT2D eigenvalue weighted by Gasteiger charge is 2.20. The van der Waals surface area contributed by atoms with Crippen LogP contribution in [0, 0.1) is 17.5 Å². The lowest BCUT2D eigenvalue weighted by molar-refractivity contribution is -0.153. The van der Waals surface area contributed by atoms with Gasteiger partial charge in [-0.1, -0.05) is 12.1 Å². The summed E-state index contributed by atoms with van der Waals surface area (Å²) in [6.07, 6.45) is 0.0130. The summed E-state index contributed by atoms with van der Waals surface area (Å²) in [6, 6.07) is 8.64. The first-order chi connectivity index (χ1) is 14.3. The summed E-state index contributed by atoms with van der Waals surface area (Å²) in [7, 11) is 0. The summed E-state index contributed by atoms with van der Waals surface area (Å²) in [5.74, 6) is -3.26. The number of aryl methyl sites for hydroxylation is 1. The molecule has 1 N–H and O–H groups in total. The van der Waals surface area contributed by atoms with Crippen LogP contribution in [0.3, 0.4) is 0 Å². The fourth-order valence-electron chi connectivity index (χ4n) is 2.56. The van der Waals surface area contributed by atoms with E-state index in [1.165, 1.54) is 37.4 Å². The van der Waals surface area contributed by atoms with Gasteiger partial charge in [-0.25, -0.2) is 18.2 Å². The smallest absolute Gasteiger partial charge is 0.307 e. The van der Waals surface area contributed by atoms with E-state index in [9.17, 15) is 22.8 Å². The Kier molecular flexibility index (Phi) is 6.51. The van der Waals surface area contributed by atoms with Crippen molar-refractivity contribution < 1.29 is 31.9 Å². The topological polar surface area (TPSA) is 81.4 Å². The van der Waals surface area contributed by atoms with Crippen LogP contribution in [0.25, 0.3) is 11.3 Å². The highest BCUT2D eigenvalue weighted by molar-refractivity contribution is 5.95. The lowest BCUT2D eigenvalue weighted by Gasteiger charge is -2.13. The van der Waals surface area contributed by atoms with Crippen LogP contribution in [0.2, 0.25) is 0 Å². The van der Waals surface area contributed by atoms with E-state index in [4.69, 9.17) is 9.15 Å². The SMILES string of the molecule is CC(OC(=O)CCc1ncc(-c2ccc(F)cc2F)o1)C(=O)Nc1ccccc1F. The first-order valence-electron chi connectivity index (χ1n) is 8.98. The van der Waals surface area contributed by atoms with Crippen LogP contribution in [0.15, 0.2) is 53.1 Å². The average Bonchev–Trinajstić information content (AvgIpc) is 3.16. The van der Waals surface area contributed by atoms with Crippen molar-refractivity contribution in [1.29, 1.82) is 0 Å². The highest BCUT2D eigenvalue weighted by Crippen LogP contribution is 2.24. The third-order valence-electron chi connectivity index (χ3n) is 4.10. The maximum absolute atomic E-state index is 13.8. The summed E-state index contributed by atoms with van der Waals surface area (Å²) in [6.45, 7) is 1.36. The Bertz CT molecular complexity index is 1070. The monoisotopic (exact) mass is 418 g/mol. The molecule has 0 saturated carbocycles. The van der Waals surface area contributed by atoms with Gasteiger partial charge in [0.1, 0.15) is 17.5 Å². The molecule has 2 aromatic carbocycles. The maximum Gasteiger partial charge on any atom is 0.307 e. The van der Waals surface area contributed by atoms with E-state index in [2.05, 4.69) is 10.3 Å². The van der Waals surface area contributed by atoms with E-state index < -0.39 is 35.4 Å². The van der Waals surface area contributed by atoms with Gasteiger partial charge in [0.25, 0.3) is 5.91 Å². The molecule has 6 nitrogen and oxygen atoms in total. The number of oxazole rings is 1. The minimum Gasteiger partial charge on any atom is -0.453 e. The second-order valence-electron chi connectivity index (χ2n) is 6.34. The molecule has 0 bridgehead atoms. The van der Waals surface area contributed by atoms with Crippen LogP contribution >= 0.6 is 0 Å². The number of para-hydroxylation sites is 1. The van der Waals surface area contributed by atoms with Gasteiger partial charge in [0.05, 0.1) is 23.9 Å². The number of amides is 1. The van der Waals surface area contributed by atoms with E-state index in [0.29, 0.717) is 0 Å². The Labute approximate surface area is 169 Å². The molecule has 0 aliphatic rings. The van der Waals surface area contributed by atoms with Crippen LogP contribution in [0.1, 0.15) is 19.2 Å². The maximum atomic E-state index is 13.8. The molecule has 1 atom stereocenters. The molecule has 3 rings (SSSR count). The quantitative estimate of drug-likeness (QED) is 0.580. The molecule has 156 valence electrons. The number of anilines is 1. The van der Waals surface area contributed by atoms with Crippen molar-refractivity contribution in [3.05, 3.63) is 72.0 Å². The van der Waals surface area contributed by atoms with Gasteiger partial charge in [0, 0.05) is 12.5 Å². The number of hydrogen-bond acceptors (Lipinski definition) is 5. The fourth-order valence-corrected chi connectivity index (χ4v) is 2.56. The number of ether oxygens (including phenoxy) is 1. The van der Waals surface area contributed by atoms with Crippen molar-refractivity contribution in [3.8, 4) is 11.3 Å². The molecule has 1 heterocycles. The van der Waals surface area contributed by atoms with Crippen LogP contribution in [0.4, 0.5) is 18.9 Å². The molecule has 0 spiro atoms. The van der Waals surface area contributed by atoms with Gasteiger partial charge in [0.2, 0.25) is 0 Å². The normalized spacial score (nSPS) is 11.7. The Morgan fingerprint density at radius 2 is 1.90 bits per heavy atom. The minimum atomic E-state index is -1.15. The van der Waals surface area contributed by atoms with Gasteiger partial charge in [0.15, 0.2) is 17.8 Å². The number of rotatable bonds is 7. The van der Waals surface area contributed by atoms with Gasteiger partial charge < -0.3 is 14.5 Å². The molecule has 9 heteroatoms. The van der Waals surface area contributed by atoms with Gasteiger partial charge in [-0.2, -0.15) is 0 Å². The molecular weight excluding hydrogens is 401 g/mol. The fraction of sp³-hybridized carbons (Fsp3) is 0.190. The second kappa shape index (κ2) is 9.25. The van der Waals surface area contributed by atoms with Crippen molar-refractivity contribution in [2.75, 3.05) is 5.32 Å². The van der Waals surface area contributed by atoms with Crippen LogP contribution in [0.5, 0.6) is 0 Å². The lowest BCUT2D eigenvalue weighted by atomic mass is 10.2. The first kappa shape index (κ1) is 21.1. The average molecular weight is 418 g/mol. The Balaban J connectivity index is 1.51. The minimum absolute atomic E-state index is 0.0225. The van der Waals surface area contributed by atoms with E-state index in [-0.39, 0.29) is 35.7 Å². The van der Waals surface area contributed by atoms with E-state index in [0.717, 1.165) is 12.1 Å². The zero-order chi connectivity index (χ0) is 21.7. The number of hydrogen-bond donors (Lipinski definition) is 1. The number of esters is 1. The number of halogens is 3. The van der Waals surface area contributed by atoms with Gasteiger partial charge in [-0.05, 0) is 31.2 Å². The van der Waals surface area contributed by atoms with E-state index in [1.54, 1.807) is 6.07 Å². The van der Waals surface area contributed by atoms with Crippen molar-refractivity contribution >= 4 is 17.6 Å². The molecule has 0 radical (unpaired) electrons. The van der Waals surface area contributed by atoms with Gasteiger partial charge >= 0.3 is 5.97 Å². The standard InChI is InChI=1S/C21H17F3N2O4/c1-12(21(28)26-17-5-3-2-4-15(17)23)29-20(27)9-8-19-25-11-18(30-19)14-7-6-13(22)10-16(14)24/h2-7,10-12H,8-9H2,1H3,(H,26,28). The summed E-state index contributed by atoms with van der Waals surface area (Å²) in [4.78, 5) is 28.0. The van der Waals surface area contributed by atoms with Gasteiger partial charge in [-0.15, -0.1) is 0 Å². The van der Waals surface area contributed by atoms with Crippen molar-refractivity contribution in [3.63, 3.8) is 0 Å². The third kappa shape index (κ3) is 5.25. The number of carbonyl (C=O) groups excluding carboxylic acids is 2. The molecule has 30 heavy (non-hydrogen) atoms. The van der Waals surface area contributed by atoms with E-state index in [1.807, 2.05) is 0 Å². The molecule has 0 aliphatic carbocycles.